The average molecular weight is 270 g/mol. The number of ketones is 1. The Morgan fingerprint density at radius 3 is 2.80 bits per heavy atom. The minimum atomic E-state index is -0.639. The lowest BCUT2D eigenvalue weighted by atomic mass is 10.1. The molecule has 2 N–H and O–H groups in total. The average Bonchev–Trinajstić information content (AvgIpc) is 2.46. The molecule has 0 atom stereocenters. The number of aromatic nitrogens is 2. The Bertz CT molecular complexity index is 821. The molecule has 0 spiro atoms. The van der Waals surface area contributed by atoms with Gasteiger partial charge in [-0.2, -0.15) is 0 Å². The van der Waals surface area contributed by atoms with E-state index in [0.29, 0.717) is 11.3 Å². The predicted octanol–water partition coefficient (Wildman–Crippen LogP) is 0.306. The lowest BCUT2D eigenvalue weighted by Gasteiger charge is -1.99. The van der Waals surface area contributed by atoms with E-state index < -0.39 is 17.0 Å². The van der Waals surface area contributed by atoms with E-state index in [0.717, 1.165) is 6.20 Å². The largest absolute Gasteiger partial charge is 0.497 e. The van der Waals surface area contributed by atoms with Crippen LogP contribution in [-0.4, -0.2) is 22.9 Å². The molecule has 1 aromatic carbocycles. The van der Waals surface area contributed by atoms with Crippen LogP contribution in [0.4, 0.5) is 0 Å². The number of hydrogen-bond donors (Lipinski definition) is 2. The van der Waals surface area contributed by atoms with Crippen molar-refractivity contribution in [1.29, 1.82) is 0 Å². The summed E-state index contributed by atoms with van der Waals surface area (Å²) in [5.41, 5.74) is -0.891. The third-order valence-electron chi connectivity index (χ3n) is 2.46. The van der Waals surface area contributed by atoms with Gasteiger partial charge in [-0.3, -0.25) is 14.6 Å². The van der Waals surface area contributed by atoms with Crippen molar-refractivity contribution in [2.75, 3.05) is 7.11 Å². The van der Waals surface area contributed by atoms with Crippen LogP contribution in [0.5, 0.6) is 5.75 Å². The van der Waals surface area contributed by atoms with Gasteiger partial charge in [-0.05, 0) is 18.1 Å². The van der Waals surface area contributed by atoms with Gasteiger partial charge >= 0.3 is 5.69 Å². The van der Waals surface area contributed by atoms with Crippen LogP contribution in [0.3, 0.4) is 0 Å². The fourth-order valence-electron chi connectivity index (χ4n) is 1.46. The summed E-state index contributed by atoms with van der Waals surface area (Å²) in [6.07, 6.45) is 1.16. The first-order valence-corrected chi connectivity index (χ1v) is 5.62. The van der Waals surface area contributed by atoms with Gasteiger partial charge in [-0.15, -0.1) is 0 Å². The van der Waals surface area contributed by atoms with Crippen molar-refractivity contribution >= 4 is 5.78 Å². The maximum absolute atomic E-state index is 11.9. The molecule has 0 aliphatic carbocycles. The zero-order chi connectivity index (χ0) is 14.5. The lowest BCUT2D eigenvalue weighted by molar-refractivity contribution is 0.105. The molecule has 2 aromatic rings. The molecule has 0 saturated carbocycles. The summed E-state index contributed by atoms with van der Waals surface area (Å²) in [7, 11) is 1.50. The second-order valence-electron chi connectivity index (χ2n) is 3.80. The zero-order valence-electron chi connectivity index (χ0n) is 10.5. The van der Waals surface area contributed by atoms with Crippen LogP contribution in [0.25, 0.3) is 0 Å². The lowest BCUT2D eigenvalue weighted by Crippen LogP contribution is -2.23. The van der Waals surface area contributed by atoms with E-state index in [-0.39, 0.29) is 5.56 Å². The minimum Gasteiger partial charge on any atom is -0.497 e. The molecule has 6 nitrogen and oxygen atoms in total. The van der Waals surface area contributed by atoms with Gasteiger partial charge in [0.05, 0.1) is 7.11 Å². The number of hydrogen-bond acceptors (Lipinski definition) is 4. The van der Waals surface area contributed by atoms with Gasteiger partial charge in [0.25, 0.3) is 5.56 Å². The number of aromatic amines is 2. The summed E-state index contributed by atoms with van der Waals surface area (Å²) in [5.74, 6) is 4.85. The van der Waals surface area contributed by atoms with E-state index in [1.807, 2.05) is 4.98 Å². The van der Waals surface area contributed by atoms with E-state index in [4.69, 9.17) is 4.74 Å². The minimum absolute atomic E-state index is 0.0147. The number of ether oxygens (including phenoxy) is 1. The summed E-state index contributed by atoms with van der Waals surface area (Å²) >= 11 is 0. The Morgan fingerprint density at radius 1 is 1.30 bits per heavy atom. The molecule has 20 heavy (non-hydrogen) atoms. The standard InChI is InChI=1S/C14H10N2O4/c1-20-11-4-2-3-9(7-11)12(17)6-5-10-8-15-14(19)16-13(10)18/h2-4,7-8H,1H3,(H2,15,16,18,19). The van der Waals surface area contributed by atoms with E-state index in [9.17, 15) is 14.4 Å². The van der Waals surface area contributed by atoms with E-state index in [1.165, 1.54) is 7.11 Å². The summed E-state index contributed by atoms with van der Waals surface area (Å²) in [5, 5.41) is 0. The zero-order valence-corrected chi connectivity index (χ0v) is 10.5. The highest BCUT2D eigenvalue weighted by molar-refractivity contribution is 6.09. The Labute approximate surface area is 113 Å². The first-order chi connectivity index (χ1) is 9.60. The normalized spacial score (nSPS) is 9.45. The first kappa shape index (κ1) is 13.4. The van der Waals surface area contributed by atoms with Crippen molar-refractivity contribution in [3.8, 4) is 17.6 Å². The van der Waals surface area contributed by atoms with Crippen molar-refractivity contribution in [2.45, 2.75) is 0 Å². The molecule has 0 aliphatic heterocycles. The van der Waals surface area contributed by atoms with Gasteiger partial charge in [0, 0.05) is 11.8 Å². The first-order valence-electron chi connectivity index (χ1n) is 5.62. The topological polar surface area (TPSA) is 92.0 Å². The Balaban J connectivity index is 2.30. The van der Waals surface area contributed by atoms with Crippen molar-refractivity contribution in [3.63, 3.8) is 0 Å². The maximum atomic E-state index is 11.9. The Kier molecular flexibility index (Phi) is 3.82. The number of carbonyl (C=O) groups excluding carboxylic acids is 1. The Hall–Kier alpha value is -3.07. The monoisotopic (exact) mass is 270 g/mol. The summed E-state index contributed by atoms with van der Waals surface area (Å²) < 4.78 is 5.00. The highest BCUT2D eigenvalue weighted by Gasteiger charge is 2.03. The van der Waals surface area contributed by atoms with Crippen molar-refractivity contribution in [3.05, 3.63) is 62.4 Å². The van der Waals surface area contributed by atoms with Crippen LogP contribution >= 0.6 is 0 Å². The van der Waals surface area contributed by atoms with Crippen LogP contribution in [-0.2, 0) is 0 Å². The number of Topliss-reactive ketones (excluding diaryl/α,β-unsaturated/α-hetero) is 1. The predicted molar refractivity (Wildman–Crippen MR) is 71.9 cm³/mol. The van der Waals surface area contributed by atoms with Gasteiger partial charge in [0.1, 0.15) is 11.3 Å². The molecular weight excluding hydrogens is 260 g/mol. The van der Waals surface area contributed by atoms with Crippen molar-refractivity contribution < 1.29 is 9.53 Å². The van der Waals surface area contributed by atoms with Crippen molar-refractivity contribution in [1.82, 2.24) is 9.97 Å². The smallest absolute Gasteiger partial charge is 0.325 e. The molecule has 1 aromatic heterocycles. The van der Waals surface area contributed by atoms with Gasteiger partial charge in [-0.1, -0.05) is 18.1 Å². The molecule has 0 fully saturated rings. The number of rotatable bonds is 2. The number of methoxy groups -OCH3 is 1. The Morgan fingerprint density at radius 2 is 2.10 bits per heavy atom. The fraction of sp³-hybridized carbons (Fsp3) is 0.0714. The second kappa shape index (κ2) is 5.71. The highest BCUT2D eigenvalue weighted by Crippen LogP contribution is 2.12. The molecule has 100 valence electrons. The van der Waals surface area contributed by atoms with E-state index in [2.05, 4.69) is 16.8 Å². The molecular formula is C14H10N2O4. The number of H-pyrrole nitrogens is 2. The van der Waals surface area contributed by atoms with Gasteiger partial charge in [-0.25, -0.2) is 4.79 Å². The molecule has 0 radical (unpaired) electrons. The summed E-state index contributed by atoms with van der Waals surface area (Å²) in [6.45, 7) is 0. The van der Waals surface area contributed by atoms with Crippen LogP contribution in [0.15, 0.2) is 40.1 Å². The van der Waals surface area contributed by atoms with E-state index in [1.54, 1.807) is 24.3 Å². The van der Waals surface area contributed by atoms with Crippen LogP contribution < -0.4 is 16.0 Å². The number of carbonyl (C=O) groups is 1. The third kappa shape index (κ3) is 3.03. The third-order valence-corrected chi connectivity index (χ3v) is 2.46. The molecule has 6 heteroatoms. The van der Waals surface area contributed by atoms with Crippen molar-refractivity contribution in [2.24, 2.45) is 0 Å². The molecule has 1 heterocycles. The summed E-state index contributed by atoms with van der Waals surface area (Å²) in [4.78, 5) is 38.4. The molecule has 0 saturated heterocycles. The van der Waals surface area contributed by atoms with E-state index >= 15 is 0 Å². The van der Waals surface area contributed by atoms with Crippen LogP contribution in [0.1, 0.15) is 15.9 Å². The molecule has 0 bridgehead atoms. The van der Waals surface area contributed by atoms with Crippen LogP contribution in [0, 0.1) is 11.8 Å². The molecule has 2 rings (SSSR count). The summed E-state index contributed by atoms with van der Waals surface area (Å²) in [6, 6.07) is 6.52. The molecule has 0 aliphatic rings. The highest BCUT2D eigenvalue weighted by atomic mass is 16.5. The SMILES string of the molecule is COc1cccc(C(=O)C#Cc2c[nH]c(=O)[nH]c2=O)c1. The molecule has 0 amide bonds. The van der Waals surface area contributed by atoms with Crippen LogP contribution in [0.2, 0.25) is 0 Å². The van der Waals surface area contributed by atoms with Gasteiger partial charge in [0.15, 0.2) is 0 Å². The van der Waals surface area contributed by atoms with Gasteiger partial charge in [0.2, 0.25) is 5.78 Å². The number of benzene rings is 1. The fourth-order valence-corrected chi connectivity index (χ4v) is 1.46. The van der Waals surface area contributed by atoms with Gasteiger partial charge < -0.3 is 9.72 Å². The maximum Gasteiger partial charge on any atom is 0.325 e. The quantitative estimate of drug-likeness (QED) is 0.606. The second-order valence-corrected chi connectivity index (χ2v) is 3.80. The number of nitrogens with one attached hydrogen (secondary N) is 2. The molecule has 0 unspecified atom stereocenters.